The number of nitrogens with zero attached hydrogens (tertiary/aromatic N) is 4. The molecule has 134 valence electrons. The van der Waals surface area contributed by atoms with Crippen molar-refractivity contribution < 1.29 is 22.3 Å². The second-order valence-corrected chi connectivity index (χ2v) is 5.11. The number of methoxy groups -OCH3 is 1. The summed E-state index contributed by atoms with van der Waals surface area (Å²) in [5.74, 6) is 0.326. The molecular weight excluding hydrogens is 352 g/mol. The van der Waals surface area contributed by atoms with Crippen LogP contribution in [0.1, 0.15) is 35.4 Å². The predicted molar refractivity (Wildman–Crippen MR) is 83.4 cm³/mol. The standard InChI is InChI=1S/C17H12F4N4O/c1-26-15-3-2-10(4-11(7-22)8-23)5-12(15)9-25-14(17(20)21)6-13(24-25)16(18)19/h2-6,16-17H,9H2,1H3. The molecule has 0 aliphatic carbocycles. The van der Waals surface area contributed by atoms with Gasteiger partial charge in [-0.25, -0.2) is 17.6 Å². The minimum Gasteiger partial charge on any atom is -0.496 e. The van der Waals surface area contributed by atoms with E-state index in [1.165, 1.54) is 25.3 Å². The van der Waals surface area contributed by atoms with Gasteiger partial charge in [-0.3, -0.25) is 4.68 Å². The molecule has 0 radical (unpaired) electrons. The van der Waals surface area contributed by atoms with Gasteiger partial charge in [0, 0.05) is 5.56 Å². The Morgan fingerprint density at radius 2 is 1.88 bits per heavy atom. The summed E-state index contributed by atoms with van der Waals surface area (Å²) in [7, 11) is 1.37. The maximum absolute atomic E-state index is 13.1. The fourth-order valence-corrected chi connectivity index (χ4v) is 2.29. The van der Waals surface area contributed by atoms with Crippen LogP contribution < -0.4 is 4.74 Å². The summed E-state index contributed by atoms with van der Waals surface area (Å²) in [6.45, 7) is -0.244. The van der Waals surface area contributed by atoms with Crippen molar-refractivity contribution in [3.63, 3.8) is 0 Å². The highest BCUT2D eigenvalue weighted by molar-refractivity contribution is 5.63. The highest BCUT2D eigenvalue weighted by Crippen LogP contribution is 2.28. The van der Waals surface area contributed by atoms with Gasteiger partial charge in [-0.15, -0.1) is 0 Å². The molecule has 0 bridgehead atoms. The van der Waals surface area contributed by atoms with Gasteiger partial charge in [0.15, 0.2) is 0 Å². The molecule has 0 N–H and O–H groups in total. The van der Waals surface area contributed by atoms with Gasteiger partial charge in [0.05, 0.1) is 13.7 Å². The van der Waals surface area contributed by atoms with Crippen LogP contribution >= 0.6 is 0 Å². The van der Waals surface area contributed by atoms with E-state index in [9.17, 15) is 17.6 Å². The van der Waals surface area contributed by atoms with Crippen LogP contribution in [0.3, 0.4) is 0 Å². The Balaban J connectivity index is 2.47. The lowest BCUT2D eigenvalue weighted by Crippen LogP contribution is -2.08. The molecule has 1 aromatic carbocycles. The summed E-state index contributed by atoms with van der Waals surface area (Å²) in [5.41, 5.74) is -0.695. The van der Waals surface area contributed by atoms with Gasteiger partial charge in [-0.2, -0.15) is 15.6 Å². The normalized spacial score (nSPS) is 10.5. The molecule has 0 fully saturated rings. The molecule has 2 aromatic rings. The number of aromatic nitrogens is 2. The number of halogens is 4. The predicted octanol–water partition coefficient (Wildman–Crippen LogP) is 4.25. The average molecular weight is 364 g/mol. The van der Waals surface area contributed by atoms with Gasteiger partial charge in [-0.1, -0.05) is 6.07 Å². The van der Waals surface area contributed by atoms with E-state index in [-0.39, 0.29) is 12.1 Å². The van der Waals surface area contributed by atoms with Crippen molar-refractivity contribution in [2.45, 2.75) is 19.4 Å². The van der Waals surface area contributed by atoms with Gasteiger partial charge in [0.1, 0.15) is 34.8 Å². The van der Waals surface area contributed by atoms with Crippen LogP contribution in [0.4, 0.5) is 17.6 Å². The first-order valence-corrected chi connectivity index (χ1v) is 7.22. The number of ether oxygens (including phenoxy) is 1. The van der Waals surface area contributed by atoms with Crippen molar-refractivity contribution in [2.75, 3.05) is 7.11 Å². The molecule has 0 spiro atoms. The third kappa shape index (κ3) is 4.19. The van der Waals surface area contributed by atoms with Crippen LogP contribution in [-0.4, -0.2) is 16.9 Å². The fraction of sp³-hybridized carbons (Fsp3) is 0.235. The molecule has 1 heterocycles. The molecule has 9 heteroatoms. The fourth-order valence-electron chi connectivity index (χ4n) is 2.29. The Kier molecular flexibility index (Phi) is 5.97. The van der Waals surface area contributed by atoms with Gasteiger partial charge >= 0.3 is 0 Å². The zero-order chi connectivity index (χ0) is 19.3. The molecule has 0 aliphatic heterocycles. The number of alkyl halides is 4. The van der Waals surface area contributed by atoms with Crippen LogP contribution in [0, 0.1) is 22.7 Å². The average Bonchev–Trinajstić information content (AvgIpc) is 3.04. The summed E-state index contributed by atoms with van der Waals surface area (Å²) >= 11 is 0. The third-order valence-electron chi connectivity index (χ3n) is 3.45. The first kappa shape index (κ1) is 19.0. The number of hydrogen-bond acceptors (Lipinski definition) is 4. The first-order chi connectivity index (χ1) is 12.4. The van der Waals surface area contributed by atoms with E-state index in [1.54, 1.807) is 18.2 Å². The van der Waals surface area contributed by atoms with E-state index in [0.29, 0.717) is 22.9 Å². The summed E-state index contributed by atoms with van der Waals surface area (Å²) in [6, 6.07) is 8.67. The first-order valence-electron chi connectivity index (χ1n) is 7.22. The SMILES string of the molecule is COc1ccc(C=C(C#N)C#N)cc1Cn1nc(C(F)F)cc1C(F)F. The lowest BCUT2D eigenvalue weighted by atomic mass is 10.1. The van der Waals surface area contributed by atoms with Crippen molar-refractivity contribution in [1.29, 1.82) is 10.5 Å². The number of nitriles is 2. The van der Waals surface area contributed by atoms with E-state index in [4.69, 9.17) is 15.3 Å². The Bertz CT molecular complexity index is 890. The van der Waals surface area contributed by atoms with Crippen LogP contribution in [0.15, 0.2) is 29.8 Å². The lowest BCUT2D eigenvalue weighted by molar-refractivity contribution is 0.139. The smallest absolute Gasteiger partial charge is 0.282 e. The summed E-state index contributed by atoms with van der Waals surface area (Å²) in [4.78, 5) is 0. The van der Waals surface area contributed by atoms with E-state index < -0.39 is 24.2 Å². The second-order valence-electron chi connectivity index (χ2n) is 5.11. The van der Waals surface area contributed by atoms with Crippen LogP contribution in [0.2, 0.25) is 0 Å². The molecule has 1 aromatic heterocycles. The van der Waals surface area contributed by atoms with Gasteiger partial charge in [-0.05, 0) is 29.8 Å². The highest BCUT2D eigenvalue weighted by atomic mass is 19.3. The molecular formula is C17H12F4N4O. The lowest BCUT2D eigenvalue weighted by Gasteiger charge is -2.12. The van der Waals surface area contributed by atoms with Crippen molar-refractivity contribution >= 4 is 6.08 Å². The number of allylic oxidation sites excluding steroid dienone is 1. The Labute approximate surface area is 146 Å². The minimum atomic E-state index is -2.98. The van der Waals surface area contributed by atoms with E-state index >= 15 is 0 Å². The van der Waals surface area contributed by atoms with Crippen LogP contribution in [0.25, 0.3) is 6.08 Å². The van der Waals surface area contributed by atoms with Gasteiger partial charge < -0.3 is 4.74 Å². The molecule has 26 heavy (non-hydrogen) atoms. The van der Waals surface area contributed by atoms with Gasteiger partial charge in [0.25, 0.3) is 12.9 Å². The topological polar surface area (TPSA) is 74.6 Å². The Hall–Kier alpha value is -3.33. The summed E-state index contributed by atoms with van der Waals surface area (Å²) < 4.78 is 57.7. The van der Waals surface area contributed by atoms with Gasteiger partial charge in [0.2, 0.25) is 0 Å². The minimum absolute atomic E-state index is 0.145. The maximum Gasteiger partial charge on any atom is 0.282 e. The Morgan fingerprint density at radius 1 is 1.19 bits per heavy atom. The Morgan fingerprint density at radius 3 is 2.42 bits per heavy atom. The van der Waals surface area contributed by atoms with Crippen molar-refractivity contribution in [2.24, 2.45) is 0 Å². The zero-order valence-electron chi connectivity index (χ0n) is 13.5. The largest absolute Gasteiger partial charge is 0.496 e. The summed E-state index contributed by atoms with van der Waals surface area (Å²) in [5, 5.41) is 21.2. The van der Waals surface area contributed by atoms with Crippen molar-refractivity contribution in [3.05, 3.63) is 52.4 Å². The maximum atomic E-state index is 13.1. The van der Waals surface area contributed by atoms with E-state index in [2.05, 4.69) is 5.10 Å². The van der Waals surface area contributed by atoms with E-state index in [1.807, 2.05) is 0 Å². The molecule has 5 nitrogen and oxygen atoms in total. The molecule has 0 atom stereocenters. The number of benzene rings is 1. The number of hydrogen-bond donors (Lipinski definition) is 0. The molecule has 0 saturated heterocycles. The quantitative estimate of drug-likeness (QED) is 0.567. The number of rotatable bonds is 6. The van der Waals surface area contributed by atoms with Crippen LogP contribution in [-0.2, 0) is 6.54 Å². The molecule has 0 unspecified atom stereocenters. The molecule has 2 rings (SSSR count). The summed E-state index contributed by atoms with van der Waals surface area (Å²) in [6.07, 6.45) is -4.64. The van der Waals surface area contributed by atoms with Crippen molar-refractivity contribution in [1.82, 2.24) is 9.78 Å². The third-order valence-corrected chi connectivity index (χ3v) is 3.45. The van der Waals surface area contributed by atoms with Crippen molar-refractivity contribution in [3.8, 4) is 17.9 Å². The van der Waals surface area contributed by atoms with Crippen LogP contribution in [0.5, 0.6) is 5.75 Å². The van der Waals surface area contributed by atoms with E-state index in [0.717, 1.165) is 4.68 Å². The molecule has 0 saturated carbocycles. The molecule has 0 aliphatic rings. The zero-order valence-corrected chi connectivity index (χ0v) is 13.5. The monoisotopic (exact) mass is 364 g/mol. The molecule has 0 amide bonds. The second kappa shape index (κ2) is 8.17. The highest BCUT2D eigenvalue weighted by Gasteiger charge is 2.22.